The molecule has 0 aliphatic carbocycles. The van der Waals surface area contributed by atoms with Crippen molar-refractivity contribution < 1.29 is 4.79 Å². The molecule has 0 saturated heterocycles. The Bertz CT molecular complexity index is 591. The summed E-state index contributed by atoms with van der Waals surface area (Å²) in [7, 11) is 0. The second kappa shape index (κ2) is 5.49. The Hall–Kier alpha value is -2.10. The molecule has 0 bridgehead atoms. The number of nitrogens with one attached hydrogen (secondary N) is 2. The molecule has 106 valence electrons. The maximum absolute atomic E-state index is 12.1. The summed E-state index contributed by atoms with van der Waals surface area (Å²) in [5.41, 5.74) is 2.94. The van der Waals surface area contributed by atoms with E-state index in [1.54, 1.807) is 0 Å². The Kier molecular flexibility index (Phi) is 3.93. The van der Waals surface area contributed by atoms with Crippen LogP contribution in [0.25, 0.3) is 0 Å². The largest absolute Gasteiger partial charge is 0.305 e. The van der Waals surface area contributed by atoms with Crippen molar-refractivity contribution in [2.24, 2.45) is 0 Å². The monoisotopic (exact) mass is 271 g/mol. The summed E-state index contributed by atoms with van der Waals surface area (Å²) in [6.07, 6.45) is 0.864. The van der Waals surface area contributed by atoms with Crippen molar-refractivity contribution >= 4 is 11.7 Å². The van der Waals surface area contributed by atoms with Gasteiger partial charge in [-0.15, -0.1) is 0 Å². The molecule has 4 nitrogen and oxygen atoms in total. The minimum Gasteiger partial charge on any atom is -0.305 e. The standard InChI is InChI=1S/C16H21N3O/c1-5-13-10-14(19-18-13)17-15(20)11-6-8-12(9-7-11)16(2,3)4/h6-10H,5H2,1-4H3,(H2,17,18,19,20). The van der Waals surface area contributed by atoms with Crippen molar-refractivity contribution in [3.05, 3.63) is 47.2 Å². The number of hydrogen-bond donors (Lipinski definition) is 2. The Morgan fingerprint density at radius 2 is 1.90 bits per heavy atom. The van der Waals surface area contributed by atoms with Gasteiger partial charge in [0, 0.05) is 17.3 Å². The van der Waals surface area contributed by atoms with Crippen molar-refractivity contribution in [3.63, 3.8) is 0 Å². The molecule has 0 saturated carbocycles. The first kappa shape index (κ1) is 14.3. The smallest absolute Gasteiger partial charge is 0.256 e. The van der Waals surface area contributed by atoms with Crippen molar-refractivity contribution in [1.29, 1.82) is 0 Å². The van der Waals surface area contributed by atoms with Crippen molar-refractivity contribution in [1.82, 2.24) is 10.2 Å². The SMILES string of the molecule is CCc1cc(NC(=O)c2ccc(C(C)(C)C)cc2)n[nH]1. The van der Waals surface area contributed by atoms with Gasteiger partial charge in [0.15, 0.2) is 5.82 Å². The molecule has 1 aromatic heterocycles. The number of carbonyl (C=O) groups is 1. The summed E-state index contributed by atoms with van der Waals surface area (Å²) in [6.45, 7) is 8.48. The number of amides is 1. The first-order valence-electron chi connectivity index (χ1n) is 6.86. The van der Waals surface area contributed by atoms with Crippen molar-refractivity contribution in [2.75, 3.05) is 5.32 Å². The molecule has 1 heterocycles. The number of H-pyrrole nitrogens is 1. The van der Waals surface area contributed by atoms with Crippen molar-refractivity contribution in [2.45, 2.75) is 39.5 Å². The van der Waals surface area contributed by atoms with Gasteiger partial charge in [-0.3, -0.25) is 9.89 Å². The first-order valence-corrected chi connectivity index (χ1v) is 6.86. The third-order valence-corrected chi connectivity index (χ3v) is 3.27. The number of carbonyl (C=O) groups excluding carboxylic acids is 1. The molecule has 4 heteroatoms. The fraction of sp³-hybridized carbons (Fsp3) is 0.375. The molecule has 1 amide bonds. The van der Waals surface area contributed by atoms with Crippen LogP contribution in [0.5, 0.6) is 0 Å². The van der Waals surface area contributed by atoms with E-state index in [-0.39, 0.29) is 11.3 Å². The molecule has 0 fully saturated rings. The summed E-state index contributed by atoms with van der Waals surface area (Å²) in [6, 6.07) is 9.54. The van der Waals surface area contributed by atoms with Crippen LogP contribution in [-0.4, -0.2) is 16.1 Å². The van der Waals surface area contributed by atoms with E-state index >= 15 is 0 Å². The van der Waals surface area contributed by atoms with Gasteiger partial charge in [0.2, 0.25) is 0 Å². The molecule has 0 atom stereocenters. The maximum Gasteiger partial charge on any atom is 0.256 e. The van der Waals surface area contributed by atoms with Crippen LogP contribution in [0, 0.1) is 0 Å². The van der Waals surface area contributed by atoms with E-state index in [9.17, 15) is 4.79 Å². The van der Waals surface area contributed by atoms with Crippen LogP contribution in [0.3, 0.4) is 0 Å². The summed E-state index contributed by atoms with van der Waals surface area (Å²) in [4.78, 5) is 12.1. The fourth-order valence-corrected chi connectivity index (χ4v) is 1.92. The summed E-state index contributed by atoms with van der Waals surface area (Å²) >= 11 is 0. The predicted octanol–water partition coefficient (Wildman–Crippen LogP) is 3.52. The highest BCUT2D eigenvalue weighted by molar-refractivity contribution is 6.03. The Balaban J connectivity index is 2.09. The van der Waals surface area contributed by atoms with Crippen LogP contribution in [0.4, 0.5) is 5.82 Å². The maximum atomic E-state index is 12.1. The molecule has 0 radical (unpaired) electrons. The lowest BCUT2D eigenvalue weighted by atomic mass is 9.87. The second-order valence-corrected chi connectivity index (χ2v) is 5.91. The topological polar surface area (TPSA) is 57.8 Å². The van der Waals surface area contributed by atoms with Gasteiger partial charge in [0.1, 0.15) is 0 Å². The number of benzene rings is 1. The highest BCUT2D eigenvalue weighted by atomic mass is 16.1. The van der Waals surface area contributed by atoms with Gasteiger partial charge in [0.05, 0.1) is 0 Å². The quantitative estimate of drug-likeness (QED) is 0.897. The lowest BCUT2D eigenvalue weighted by Crippen LogP contribution is -2.14. The van der Waals surface area contributed by atoms with Crippen LogP contribution >= 0.6 is 0 Å². The van der Waals surface area contributed by atoms with Crippen LogP contribution in [0.15, 0.2) is 30.3 Å². The number of aromatic nitrogens is 2. The lowest BCUT2D eigenvalue weighted by Gasteiger charge is -2.18. The Labute approximate surface area is 119 Å². The number of rotatable bonds is 3. The molecular weight excluding hydrogens is 250 g/mol. The molecule has 0 aliphatic heterocycles. The normalized spacial score (nSPS) is 11.4. The molecule has 2 rings (SSSR count). The minimum absolute atomic E-state index is 0.0905. The molecule has 0 unspecified atom stereocenters. The van der Waals surface area contributed by atoms with Gasteiger partial charge < -0.3 is 5.32 Å². The van der Waals surface area contributed by atoms with Crippen LogP contribution < -0.4 is 5.32 Å². The molecule has 1 aromatic carbocycles. The number of anilines is 1. The van der Waals surface area contributed by atoms with Crippen LogP contribution in [-0.2, 0) is 11.8 Å². The summed E-state index contributed by atoms with van der Waals surface area (Å²) < 4.78 is 0. The zero-order chi connectivity index (χ0) is 14.8. The zero-order valence-corrected chi connectivity index (χ0v) is 12.4. The van der Waals surface area contributed by atoms with E-state index in [1.165, 1.54) is 5.56 Å². The highest BCUT2D eigenvalue weighted by Gasteiger charge is 2.14. The van der Waals surface area contributed by atoms with Gasteiger partial charge in [-0.25, -0.2) is 0 Å². The van der Waals surface area contributed by atoms with Gasteiger partial charge in [-0.05, 0) is 29.5 Å². The van der Waals surface area contributed by atoms with E-state index in [0.29, 0.717) is 11.4 Å². The number of aromatic amines is 1. The fourth-order valence-electron chi connectivity index (χ4n) is 1.92. The minimum atomic E-state index is -0.139. The molecule has 2 N–H and O–H groups in total. The predicted molar refractivity (Wildman–Crippen MR) is 81.1 cm³/mol. The van der Waals surface area contributed by atoms with Gasteiger partial charge in [0.25, 0.3) is 5.91 Å². The number of aryl methyl sites for hydroxylation is 1. The Morgan fingerprint density at radius 3 is 2.40 bits per heavy atom. The average molecular weight is 271 g/mol. The molecule has 0 spiro atoms. The van der Waals surface area contributed by atoms with E-state index in [0.717, 1.165) is 12.1 Å². The van der Waals surface area contributed by atoms with E-state index < -0.39 is 0 Å². The zero-order valence-electron chi connectivity index (χ0n) is 12.4. The molecule has 0 aliphatic rings. The Morgan fingerprint density at radius 1 is 1.25 bits per heavy atom. The average Bonchev–Trinajstić information content (AvgIpc) is 2.85. The highest BCUT2D eigenvalue weighted by Crippen LogP contribution is 2.22. The van der Waals surface area contributed by atoms with Crippen LogP contribution in [0.1, 0.15) is 49.3 Å². The molecule has 20 heavy (non-hydrogen) atoms. The van der Waals surface area contributed by atoms with Gasteiger partial charge in [-0.2, -0.15) is 5.10 Å². The van der Waals surface area contributed by atoms with Gasteiger partial charge >= 0.3 is 0 Å². The van der Waals surface area contributed by atoms with E-state index in [1.807, 2.05) is 37.3 Å². The van der Waals surface area contributed by atoms with E-state index in [4.69, 9.17) is 0 Å². The number of nitrogens with zero attached hydrogens (tertiary/aromatic N) is 1. The van der Waals surface area contributed by atoms with Gasteiger partial charge in [-0.1, -0.05) is 39.8 Å². The second-order valence-electron chi connectivity index (χ2n) is 5.91. The summed E-state index contributed by atoms with van der Waals surface area (Å²) in [5, 5.41) is 9.72. The summed E-state index contributed by atoms with van der Waals surface area (Å²) in [5.74, 6) is 0.423. The molecular formula is C16H21N3O. The van der Waals surface area contributed by atoms with Crippen LogP contribution in [0.2, 0.25) is 0 Å². The molecule has 2 aromatic rings. The third-order valence-electron chi connectivity index (χ3n) is 3.27. The van der Waals surface area contributed by atoms with E-state index in [2.05, 4.69) is 36.3 Å². The number of hydrogen-bond acceptors (Lipinski definition) is 2. The first-order chi connectivity index (χ1) is 9.40. The third kappa shape index (κ3) is 3.26. The lowest BCUT2D eigenvalue weighted by molar-refractivity contribution is 0.102. The van der Waals surface area contributed by atoms with Crippen molar-refractivity contribution in [3.8, 4) is 0 Å².